The van der Waals surface area contributed by atoms with Crippen molar-refractivity contribution in [2.24, 2.45) is 5.41 Å². The summed E-state index contributed by atoms with van der Waals surface area (Å²) in [5, 5.41) is 2.38. The Balaban J connectivity index is 1.71. The third-order valence-corrected chi connectivity index (χ3v) is 4.96. The van der Waals surface area contributed by atoms with E-state index in [0.717, 1.165) is 38.7 Å². The summed E-state index contributed by atoms with van der Waals surface area (Å²) >= 11 is 0. The molecule has 0 aromatic carbocycles. The van der Waals surface area contributed by atoms with Crippen LogP contribution in [0.15, 0.2) is 0 Å². The van der Waals surface area contributed by atoms with Crippen LogP contribution in [-0.2, 0) is 14.3 Å². The van der Waals surface area contributed by atoms with Crippen LogP contribution in [0.2, 0.25) is 0 Å². The molecule has 1 atom stereocenters. The van der Waals surface area contributed by atoms with Gasteiger partial charge in [0.1, 0.15) is 5.41 Å². The average Bonchev–Trinajstić information content (AvgIpc) is 3.00. The Morgan fingerprint density at radius 1 is 1.14 bits per heavy atom. The first kappa shape index (κ1) is 14.5. The van der Waals surface area contributed by atoms with Gasteiger partial charge in [0, 0.05) is 13.2 Å². The number of hydrogen-bond acceptors (Lipinski definition) is 4. The molecule has 2 saturated heterocycles. The molecular formula is C15H22N2O4. The molecule has 2 heterocycles. The van der Waals surface area contributed by atoms with Crippen molar-refractivity contribution in [2.45, 2.75) is 57.5 Å². The highest BCUT2D eigenvalue weighted by molar-refractivity contribution is 6.19. The molecule has 116 valence electrons. The van der Waals surface area contributed by atoms with E-state index in [0.29, 0.717) is 25.8 Å². The lowest BCUT2D eigenvalue weighted by atomic mass is 9.71. The van der Waals surface area contributed by atoms with Crippen LogP contribution < -0.4 is 5.32 Å². The molecule has 1 spiro atoms. The summed E-state index contributed by atoms with van der Waals surface area (Å²) in [4.78, 5) is 38.1. The SMILES string of the molecule is O=C1NC(=O)C2(CCCCC2)C(=O)N1CCC1CCCO1. The highest BCUT2D eigenvalue weighted by Gasteiger charge is 2.53. The number of rotatable bonds is 3. The molecule has 1 N–H and O–H groups in total. The molecule has 3 fully saturated rings. The van der Waals surface area contributed by atoms with Crippen molar-refractivity contribution in [3.8, 4) is 0 Å². The van der Waals surface area contributed by atoms with E-state index < -0.39 is 17.4 Å². The summed E-state index contributed by atoms with van der Waals surface area (Å²) < 4.78 is 5.54. The lowest BCUT2D eigenvalue weighted by Crippen LogP contribution is -2.64. The summed E-state index contributed by atoms with van der Waals surface area (Å²) in [6, 6.07) is -0.570. The summed E-state index contributed by atoms with van der Waals surface area (Å²) in [7, 11) is 0. The van der Waals surface area contributed by atoms with Crippen molar-refractivity contribution < 1.29 is 19.1 Å². The molecule has 1 unspecified atom stereocenters. The number of urea groups is 1. The standard InChI is InChI=1S/C15H22N2O4/c18-12-15(7-2-1-3-8-15)13(19)17(14(20)16-12)9-6-11-5-4-10-21-11/h11H,1-10H2,(H,16,18,20). The van der Waals surface area contributed by atoms with Crippen LogP contribution in [0.5, 0.6) is 0 Å². The van der Waals surface area contributed by atoms with Gasteiger partial charge in [-0.1, -0.05) is 19.3 Å². The summed E-state index contributed by atoms with van der Waals surface area (Å²) in [5.41, 5.74) is -0.997. The summed E-state index contributed by atoms with van der Waals surface area (Å²) in [6.07, 6.45) is 6.70. The van der Waals surface area contributed by atoms with Crippen LogP contribution in [0.3, 0.4) is 0 Å². The number of amides is 4. The lowest BCUT2D eigenvalue weighted by molar-refractivity contribution is -0.154. The molecule has 0 aromatic heterocycles. The maximum atomic E-state index is 12.7. The lowest BCUT2D eigenvalue weighted by Gasteiger charge is -2.41. The van der Waals surface area contributed by atoms with Crippen LogP contribution in [0.25, 0.3) is 0 Å². The summed E-state index contributed by atoms with van der Waals surface area (Å²) in [5.74, 6) is -0.695. The Labute approximate surface area is 124 Å². The van der Waals surface area contributed by atoms with Crippen LogP contribution in [0.1, 0.15) is 51.4 Å². The van der Waals surface area contributed by atoms with E-state index in [-0.39, 0.29) is 12.0 Å². The first-order chi connectivity index (χ1) is 10.1. The van der Waals surface area contributed by atoms with Crippen molar-refractivity contribution >= 4 is 17.8 Å². The van der Waals surface area contributed by atoms with E-state index in [1.165, 1.54) is 4.90 Å². The number of hydrogen-bond donors (Lipinski definition) is 1. The second-order valence-corrected chi connectivity index (χ2v) is 6.28. The fourth-order valence-electron chi connectivity index (χ4n) is 3.68. The van der Waals surface area contributed by atoms with Gasteiger partial charge < -0.3 is 4.74 Å². The first-order valence-corrected chi connectivity index (χ1v) is 7.92. The minimum Gasteiger partial charge on any atom is -0.378 e. The topological polar surface area (TPSA) is 75.7 Å². The number of carbonyl (C=O) groups excluding carboxylic acids is 3. The average molecular weight is 294 g/mol. The van der Waals surface area contributed by atoms with Gasteiger partial charge in [-0.25, -0.2) is 4.79 Å². The second kappa shape index (κ2) is 5.75. The smallest absolute Gasteiger partial charge is 0.330 e. The third kappa shape index (κ3) is 2.57. The minimum atomic E-state index is -0.997. The summed E-state index contributed by atoms with van der Waals surface area (Å²) in [6.45, 7) is 1.09. The minimum absolute atomic E-state index is 0.130. The van der Waals surface area contributed by atoms with Crippen molar-refractivity contribution in [1.82, 2.24) is 10.2 Å². The number of carbonyl (C=O) groups is 3. The zero-order valence-electron chi connectivity index (χ0n) is 12.2. The Hall–Kier alpha value is -1.43. The zero-order chi connectivity index (χ0) is 14.9. The number of ether oxygens (including phenoxy) is 1. The Kier molecular flexibility index (Phi) is 3.97. The molecule has 6 heteroatoms. The van der Waals surface area contributed by atoms with Crippen LogP contribution in [0.4, 0.5) is 4.79 Å². The molecule has 3 aliphatic rings. The van der Waals surface area contributed by atoms with Gasteiger partial charge in [0.25, 0.3) is 0 Å². The van der Waals surface area contributed by atoms with Crippen LogP contribution in [-0.4, -0.2) is 42.0 Å². The van der Waals surface area contributed by atoms with Crippen LogP contribution >= 0.6 is 0 Å². The van der Waals surface area contributed by atoms with Gasteiger partial charge in [-0.15, -0.1) is 0 Å². The molecular weight excluding hydrogens is 272 g/mol. The molecule has 0 radical (unpaired) electrons. The molecule has 3 rings (SSSR count). The fraction of sp³-hybridized carbons (Fsp3) is 0.800. The molecule has 6 nitrogen and oxygen atoms in total. The van der Waals surface area contributed by atoms with E-state index in [1.54, 1.807) is 0 Å². The van der Waals surface area contributed by atoms with Gasteiger partial charge in [-0.2, -0.15) is 0 Å². The maximum absolute atomic E-state index is 12.7. The van der Waals surface area contributed by atoms with Gasteiger partial charge in [0.15, 0.2) is 0 Å². The molecule has 0 aromatic rings. The van der Waals surface area contributed by atoms with E-state index >= 15 is 0 Å². The normalized spacial score (nSPS) is 29.0. The number of nitrogens with one attached hydrogen (secondary N) is 1. The van der Waals surface area contributed by atoms with Crippen molar-refractivity contribution in [2.75, 3.05) is 13.2 Å². The highest BCUT2D eigenvalue weighted by atomic mass is 16.5. The van der Waals surface area contributed by atoms with Crippen molar-refractivity contribution in [3.05, 3.63) is 0 Å². The second-order valence-electron chi connectivity index (χ2n) is 6.28. The predicted molar refractivity (Wildman–Crippen MR) is 74.4 cm³/mol. The monoisotopic (exact) mass is 294 g/mol. The zero-order valence-corrected chi connectivity index (χ0v) is 12.2. The van der Waals surface area contributed by atoms with Gasteiger partial charge in [0.05, 0.1) is 6.10 Å². The Morgan fingerprint density at radius 3 is 2.57 bits per heavy atom. The van der Waals surface area contributed by atoms with E-state index in [1.807, 2.05) is 0 Å². The van der Waals surface area contributed by atoms with E-state index in [4.69, 9.17) is 4.74 Å². The number of barbiturate groups is 1. The van der Waals surface area contributed by atoms with Crippen molar-refractivity contribution in [1.29, 1.82) is 0 Å². The largest absolute Gasteiger partial charge is 0.378 e. The van der Waals surface area contributed by atoms with Crippen molar-refractivity contribution in [3.63, 3.8) is 0 Å². The van der Waals surface area contributed by atoms with Gasteiger partial charge >= 0.3 is 6.03 Å². The quantitative estimate of drug-likeness (QED) is 0.802. The Bertz CT molecular complexity index is 451. The van der Waals surface area contributed by atoms with Gasteiger partial charge in [0.2, 0.25) is 11.8 Å². The fourth-order valence-corrected chi connectivity index (χ4v) is 3.68. The molecule has 0 bridgehead atoms. The maximum Gasteiger partial charge on any atom is 0.330 e. The molecule has 1 saturated carbocycles. The van der Waals surface area contributed by atoms with Gasteiger partial charge in [-0.3, -0.25) is 19.8 Å². The molecule has 4 amide bonds. The molecule has 2 aliphatic heterocycles. The highest BCUT2D eigenvalue weighted by Crippen LogP contribution is 2.40. The van der Waals surface area contributed by atoms with Gasteiger partial charge in [-0.05, 0) is 32.1 Å². The first-order valence-electron chi connectivity index (χ1n) is 7.92. The molecule has 21 heavy (non-hydrogen) atoms. The van der Waals surface area contributed by atoms with E-state index in [2.05, 4.69) is 5.32 Å². The van der Waals surface area contributed by atoms with Crippen LogP contribution in [0, 0.1) is 5.41 Å². The Morgan fingerprint density at radius 2 is 1.90 bits per heavy atom. The third-order valence-electron chi connectivity index (χ3n) is 4.96. The number of nitrogens with zero attached hydrogens (tertiary/aromatic N) is 1. The number of imide groups is 2. The predicted octanol–water partition coefficient (Wildman–Crippen LogP) is 1.58. The molecule has 1 aliphatic carbocycles. The van der Waals surface area contributed by atoms with E-state index in [9.17, 15) is 14.4 Å².